The van der Waals surface area contributed by atoms with Gasteiger partial charge in [-0.25, -0.2) is 9.78 Å². The van der Waals surface area contributed by atoms with Crippen molar-refractivity contribution >= 4 is 33.8 Å². The summed E-state index contributed by atoms with van der Waals surface area (Å²) in [7, 11) is 0. The molecule has 1 N–H and O–H groups in total. The summed E-state index contributed by atoms with van der Waals surface area (Å²) in [6, 6.07) is 15.3. The number of carbonyl (C=O) groups excluding carboxylic acids is 1. The molecule has 0 bridgehead atoms. The zero-order valence-corrected chi connectivity index (χ0v) is 20.2. The van der Waals surface area contributed by atoms with E-state index in [0.29, 0.717) is 37.0 Å². The predicted molar refractivity (Wildman–Crippen MR) is 136 cm³/mol. The minimum Gasteiger partial charge on any atom is -0.353 e. The van der Waals surface area contributed by atoms with Gasteiger partial charge >= 0.3 is 6.03 Å². The topological polar surface area (TPSA) is 82.8 Å². The number of urea groups is 1. The van der Waals surface area contributed by atoms with Gasteiger partial charge in [-0.15, -0.1) is 0 Å². The van der Waals surface area contributed by atoms with Gasteiger partial charge in [-0.3, -0.25) is 4.79 Å². The zero-order chi connectivity index (χ0) is 23.8. The standard InChI is InChI=1S/C25H26N6O2S/c1-16-8-9-19(14-18(16)3)26-24(33)30-12-10-29(11-13-30)21-15-22(32)31-25(27-21)34-23(28-31)20-7-5-4-6-17(20)2/h4-9,14-15H,10-13H2,1-3H3,(H,26,33). The second-order valence-corrected chi connectivity index (χ2v) is 9.53. The Hall–Kier alpha value is -3.72. The molecule has 4 aromatic rings. The Balaban J connectivity index is 1.29. The molecule has 5 rings (SSSR count). The Morgan fingerprint density at radius 2 is 1.71 bits per heavy atom. The molecule has 1 aliphatic rings. The van der Waals surface area contributed by atoms with Gasteiger partial charge in [0.15, 0.2) is 0 Å². The number of rotatable bonds is 3. The molecule has 2 aromatic carbocycles. The molecular formula is C25H26N6O2S. The lowest BCUT2D eigenvalue weighted by Crippen LogP contribution is -2.50. The maximum absolute atomic E-state index is 12.8. The third-order valence-electron chi connectivity index (χ3n) is 6.26. The highest BCUT2D eigenvalue weighted by molar-refractivity contribution is 7.19. The number of benzene rings is 2. The SMILES string of the molecule is Cc1ccc(NC(=O)N2CCN(c3cc(=O)n4nc(-c5ccccc5C)sc4n3)CC2)cc1C. The van der Waals surface area contributed by atoms with Gasteiger partial charge in [0.05, 0.1) is 0 Å². The normalized spacial score (nSPS) is 14.0. The average Bonchev–Trinajstić information content (AvgIpc) is 3.26. The Morgan fingerprint density at radius 3 is 2.44 bits per heavy atom. The molecule has 1 saturated heterocycles. The number of aryl methyl sites for hydroxylation is 3. The Kier molecular flexibility index (Phi) is 5.79. The summed E-state index contributed by atoms with van der Waals surface area (Å²) in [4.78, 5) is 34.6. The van der Waals surface area contributed by atoms with Crippen LogP contribution in [0.5, 0.6) is 0 Å². The maximum Gasteiger partial charge on any atom is 0.321 e. The van der Waals surface area contributed by atoms with E-state index in [9.17, 15) is 9.59 Å². The van der Waals surface area contributed by atoms with E-state index in [1.165, 1.54) is 27.5 Å². The van der Waals surface area contributed by atoms with E-state index in [1.54, 1.807) is 4.90 Å². The number of nitrogens with one attached hydrogen (secondary N) is 1. The van der Waals surface area contributed by atoms with Gasteiger partial charge in [0, 0.05) is 43.5 Å². The second kappa shape index (κ2) is 8.90. The van der Waals surface area contributed by atoms with Crippen LogP contribution in [-0.2, 0) is 0 Å². The molecule has 34 heavy (non-hydrogen) atoms. The maximum atomic E-state index is 12.8. The first kappa shape index (κ1) is 22.1. The van der Waals surface area contributed by atoms with E-state index in [2.05, 4.69) is 10.4 Å². The van der Waals surface area contributed by atoms with Crippen LogP contribution < -0.4 is 15.8 Å². The number of carbonyl (C=O) groups is 1. The molecule has 1 aliphatic heterocycles. The molecule has 0 aliphatic carbocycles. The van der Waals surface area contributed by atoms with Gasteiger partial charge in [-0.2, -0.15) is 9.61 Å². The van der Waals surface area contributed by atoms with Crippen LogP contribution in [0.2, 0.25) is 0 Å². The third kappa shape index (κ3) is 4.26. The molecule has 0 saturated carbocycles. The van der Waals surface area contributed by atoms with E-state index in [-0.39, 0.29) is 11.6 Å². The molecule has 174 valence electrons. The largest absolute Gasteiger partial charge is 0.353 e. The highest BCUT2D eigenvalue weighted by Gasteiger charge is 2.23. The molecule has 2 aromatic heterocycles. The van der Waals surface area contributed by atoms with Crippen molar-refractivity contribution < 1.29 is 4.79 Å². The van der Waals surface area contributed by atoms with Crippen molar-refractivity contribution in [2.24, 2.45) is 0 Å². The first-order valence-electron chi connectivity index (χ1n) is 11.2. The van der Waals surface area contributed by atoms with Crippen molar-refractivity contribution in [3.63, 3.8) is 0 Å². The molecular weight excluding hydrogens is 448 g/mol. The van der Waals surface area contributed by atoms with Crippen LogP contribution in [0.15, 0.2) is 53.3 Å². The van der Waals surface area contributed by atoms with E-state index in [4.69, 9.17) is 4.98 Å². The zero-order valence-electron chi connectivity index (χ0n) is 19.4. The molecule has 0 atom stereocenters. The van der Waals surface area contributed by atoms with E-state index in [1.807, 2.05) is 68.1 Å². The van der Waals surface area contributed by atoms with Gasteiger partial charge in [-0.1, -0.05) is 41.7 Å². The minimum absolute atomic E-state index is 0.114. The van der Waals surface area contributed by atoms with E-state index in [0.717, 1.165) is 27.4 Å². The number of piperazine rings is 1. The van der Waals surface area contributed by atoms with Crippen LogP contribution in [0, 0.1) is 20.8 Å². The molecule has 0 spiro atoms. The number of aromatic nitrogens is 3. The lowest BCUT2D eigenvalue weighted by molar-refractivity contribution is 0.208. The lowest BCUT2D eigenvalue weighted by atomic mass is 10.1. The van der Waals surface area contributed by atoms with Gasteiger partial charge in [-0.05, 0) is 49.6 Å². The molecule has 0 unspecified atom stereocenters. The summed E-state index contributed by atoms with van der Waals surface area (Å²) in [5.41, 5.74) is 5.03. The van der Waals surface area contributed by atoms with Crippen molar-refractivity contribution in [3.8, 4) is 10.6 Å². The number of fused-ring (bicyclic) bond motifs is 1. The van der Waals surface area contributed by atoms with Crippen LogP contribution in [0.25, 0.3) is 15.5 Å². The fourth-order valence-corrected chi connectivity index (χ4v) is 5.03. The molecule has 8 nitrogen and oxygen atoms in total. The monoisotopic (exact) mass is 474 g/mol. The fourth-order valence-electron chi connectivity index (χ4n) is 4.04. The molecule has 3 heterocycles. The lowest BCUT2D eigenvalue weighted by Gasteiger charge is -2.35. The summed E-state index contributed by atoms with van der Waals surface area (Å²) < 4.78 is 1.36. The van der Waals surface area contributed by atoms with Crippen molar-refractivity contribution in [1.29, 1.82) is 0 Å². The fraction of sp³-hybridized carbons (Fsp3) is 0.280. The van der Waals surface area contributed by atoms with Crippen LogP contribution in [0.4, 0.5) is 16.3 Å². The van der Waals surface area contributed by atoms with Crippen molar-refractivity contribution in [2.75, 3.05) is 36.4 Å². The molecule has 2 amide bonds. The van der Waals surface area contributed by atoms with Crippen molar-refractivity contribution in [2.45, 2.75) is 20.8 Å². The van der Waals surface area contributed by atoms with Crippen molar-refractivity contribution in [1.82, 2.24) is 19.5 Å². The number of hydrogen-bond acceptors (Lipinski definition) is 6. The van der Waals surface area contributed by atoms with Crippen LogP contribution in [-0.4, -0.2) is 51.7 Å². The first-order valence-corrected chi connectivity index (χ1v) is 12.1. The highest BCUT2D eigenvalue weighted by atomic mass is 32.1. The minimum atomic E-state index is -0.203. The Morgan fingerprint density at radius 1 is 0.941 bits per heavy atom. The average molecular weight is 475 g/mol. The predicted octanol–water partition coefficient (Wildman–Crippen LogP) is 4.10. The number of amides is 2. The van der Waals surface area contributed by atoms with Crippen molar-refractivity contribution in [3.05, 3.63) is 75.6 Å². The number of nitrogens with zero attached hydrogens (tertiary/aromatic N) is 5. The highest BCUT2D eigenvalue weighted by Crippen LogP contribution is 2.28. The van der Waals surface area contributed by atoms with Crippen LogP contribution in [0.3, 0.4) is 0 Å². The number of anilines is 2. The summed E-state index contributed by atoms with van der Waals surface area (Å²) in [5.74, 6) is 0.624. The van der Waals surface area contributed by atoms with Crippen LogP contribution >= 0.6 is 11.3 Å². The molecule has 9 heteroatoms. The summed E-state index contributed by atoms with van der Waals surface area (Å²) in [5, 5.41) is 8.25. The van der Waals surface area contributed by atoms with Gasteiger partial charge < -0.3 is 15.1 Å². The summed E-state index contributed by atoms with van der Waals surface area (Å²) in [6.07, 6.45) is 0. The summed E-state index contributed by atoms with van der Waals surface area (Å²) >= 11 is 1.41. The van der Waals surface area contributed by atoms with Gasteiger partial charge in [0.2, 0.25) is 4.96 Å². The van der Waals surface area contributed by atoms with Gasteiger partial charge in [0.25, 0.3) is 5.56 Å². The van der Waals surface area contributed by atoms with E-state index < -0.39 is 0 Å². The molecule has 0 radical (unpaired) electrons. The van der Waals surface area contributed by atoms with E-state index >= 15 is 0 Å². The molecule has 1 fully saturated rings. The number of hydrogen-bond donors (Lipinski definition) is 1. The summed E-state index contributed by atoms with van der Waals surface area (Å²) in [6.45, 7) is 8.41. The Bertz CT molecular complexity index is 1440. The second-order valence-electron chi connectivity index (χ2n) is 8.57. The third-order valence-corrected chi connectivity index (χ3v) is 7.20. The smallest absolute Gasteiger partial charge is 0.321 e. The first-order chi connectivity index (χ1) is 16.4. The quantitative estimate of drug-likeness (QED) is 0.483. The Labute approximate surface area is 201 Å². The van der Waals surface area contributed by atoms with Gasteiger partial charge in [0.1, 0.15) is 10.8 Å². The van der Waals surface area contributed by atoms with Crippen LogP contribution in [0.1, 0.15) is 16.7 Å².